The fourth-order valence-electron chi connectivity index (χ4n) is 0.847. The van der Waals surface area contributed by atoms with Crippen molar-refractivity contribution in [2.45, 2.75) is 11.3 Å². The van der Waals surface area contributed by atoms with Crippen molar-refractivity contribution in [3.8, 4) is 5.75 Å². The van der Waals surface area contributed by atoms with Gasteiger partial charge in [0.15, 0.2) is 0 Å². The van der Waals surface area contributed by atoms with E-state index >= 15 is 0 Å². The van der Waals surface area contributed by atoms with E-state index in [0.717, 1.165) is 12.1 Å². The molecule has 0 aromatic heterocycles. The van der Waals surface area contributed by atoms with Crippen LogP contribution in [0.15, 0.2) is 23.1 Å². The zero-order valence-electron chi connectivity index (χ0n) is 6.99. The van der Waals surface area contributed by atoms with Gasteiger partial charge in [0.2, 0.25) is 0 Å². The molecule has 0 unspecified atom stereocenters. The van der Waals surface area contributed by atoms with Crippen molar-refractivity contribution in [3.63, 3.8) is 0 Å². The van der Waals surface area contributed by atoms with Crippen molar-refractivity contribution >= 4 is 18.3 Å². The van der Waals surface area contributed by atoms with Crippen molar-refractivity contribution in [2.75, 3.05) is 0 Å². The van der Waals surface area contributed by atoms with Gasteiger partial charge < -0.3 is 4.74 Å². The second-order valence-corrected chi connectivity index (χ2v) is 2.94. The Bertz CT molecular complexity index is 394. The van der Waals surface area contributed by atoms with Crippen LogP contribution in [0.4, 0.5) is 18.9 Å². The summed E-state index contributed by atoms with van der Waals surface area (Å²) in [6, 6.07) is 2.67. The molecule has 0 saturated carbocycles. The lowest BCUT2D eigenvalue weighted by molar-refractivity contribution is -0.387. The highest BCUT2D eigenvalue weighted by Crippen LogP contribution is 2.30. The molecule has 0 aliphatic carbocycles. The van der Waals surface area contributed by atoms with Crippen molar-refractivity contribution in [2.24, 2.45) is 0 Å². The van der Waals surface area contributed by atoms with Crippen LogP contribution in [-0.2, 0) is 0 Å². The molecule has 1 aromatic carbocycles. The molecule has 82 valence electrons. The molecule has 1 aromatic rings. The Kier molecular flexibility index (Phi) is 3.08. The molecule has 8 heteroatoms. The fourth-order valence-corrected chi connectivity index (χ4v) is 1.07. The molecule has 1 rings (SSSR count). The predicted octanol–water partition coefficient (Wildman–Crippen LogP) is 2.78. The summed E-state index contributed by atoms with van der Waals surface area (Å²) in [4.78, 5) is 9.48. The minimum atomic E-state index is -4.87. The largest absolute Gasteiger partial charge is 0.573 e. The number of halogens is 3. The summed E-state index contributed by atoms with van der Waals surface area (Å²) in [6.07, 6.45) is -4.87. The minimum absolute atomic E-state index is 0.0328. The Morgan fingerprint density at radius 2 is 2.00 bits per heavy atom. The third-order valence-electron chi connectivity index (χ3n) is 1.38. The van der Waals surface area contributed by atoms with Gasteiger partial charge in [0.1, 0.15) is 5.75 Å². The van der Waals surface area contributed by atoms with Crippen LogP contribution in [0.2, 0.25) is 0 Å². The number of hydrogen-bond acceptors (Lipinski definition) is 4. The Morgan fingerprint density at radius 3 is 2.47 bits per heavy atom. The summed E-state index contributed by atoms with van der Waals surface area (Å²) >= 11 is 3.72. The topological polar surface area (TPSA) is 52.4 Å². The highest BCUT2D eigenvalue weighted by Gasteiger charge is 2.31. The summed E-state index contributed by atoms with van der Waals surface area (Å²) in [7, 11) is 0. The normalized spacial score (nSPS) is 11.2. The van der Waals surface area contributed by atoms with Gasteiger partial charge >= 0.3 is 6.36 Å². The Labute approximate surface area is 87.2 Å². The molecule has 4 nitrogen and oxygen atoms in total. The van der Waals surface area contributed by atoms with Gasteiger partial charge in [0.05, 0.1) is 15.9 Å². The maximum atomic E-state index is 11.8. The highest BCUT2D eigenvalue weighted by atomic mass is 32.1. The van der Waals surface area contributed by atoms with Crippen LogP contribution in [0.5, 0.6) is 5.75 Å². The van der Waals surface area contributed by atoms with Crippen LogP contribution < -0.4 is 4.74 Å². The average molecular weight is 239 g/mol. The molecule has 0 heterocycles. The van der Waals surface area contributed by atoms with Crippen LogP contribution in [0.3, 0.4) is 0 Å². The van der Waals surface area contributed by atoms with Gasteiger partial charge in [-0.3, -0.25) is 10.1 Å². The predicted molar refractivity (Wildman–Crippen MR) is 47.0 cm³/mol. The van der Waals surface area contributed by atoms with Gasteiger partial charge in [-0.15, -0.1) is 25.8 Å². The second kappa shape index (κ2) is 3.97. The Balaban J connectivity index is 3.03. The fraction of sp³-hybridized carbons (Fsp3) is 0.143. The van der Waals surface area contributed by atoms with Crippen LogP contribution in [0.1, 0.15) is 0 Å². The molecule has 0 radical (unpaired) electrons. The van der Waals surface area contributed by atoms with Crippen LogP contribution in [-0.4, -0.2) is 11.3 Å². The molecule has 0 amide bonds. The van der Waals surface area contributed by atoms with Gasteiger partial charge in [-0.25, -0.2) is 0 Å². The van der Waals surface area contributed by atoms with E-state index in [1.807, 2.05) is 0 Å². The molecule has 0 bridgehead atoms. The van der Waals surface area contributed by atoms with Crippen molar-refractivity contribution < 1.29 is 22.8 Å². The first-order chi connectivity index (χ1) is 6.79. The number of benzene rings is 1. The second-order valence-electron chi connectivity index (χ2n) is 2.46. The van der Waals surface area contributed by atoms with Crippen molar-refractivity contribution in [3.05, 3.63) is 28.3 Å². The summed E-state index contributed by atoms with van der Waals surface area (Å²) in [5, 5.41) is 10.4. The van der Waals surface area contributed by atoms with Gasteiger partial charge in [0.25, 0.3) is 5.69 Å². The monoisotopic (exact) mass is 239 g/mol. The van der Waals surface area contributed by atoms with E-state index in [1.165, 1.54) is 0 Å². The zero-order valence-corrected chi connectivity index (χ0v) is 7.88. The first-order valence-electron chi connectivity index (χ1n) is 3.53. The minimum Gasteiger partial charge on any atom is -0.406 e. The molecular weight excluding hydrogens is 235 g/mol. The lowest BCUT2D eigenvalue weighted by atomic mass is 10.3. The van der Waals surface area contributed by atoms with Crippen molar-refractivity contribution in [1.29, 1.82) is 0 Å². The van der Waals surface area contributed by atoms with Crippen LogP contribution in [0, 0.1) is 10.1 Å². The van der Waals surface area contributed by atoms with E-state index in [0.29, 0.717) is 6.07 Å². The highest BCUT2D eigenvalue weighted by molar-refractivity contribution is 7.80. The maximum absolute atomic E-state index is 11.8. The molecule has 0 spiro atoms. The summed E-state index contributed by atoms with van der Waals surface area (Å²) in [6.45, 7) is 0. The number of nitrogens with zero attached hydrogens (tertiary/aromatic N) is 1. The summed E-state index contributed by atoms with van der Waals surface area (Å²) in [5.41, 5.74) is -0.542. The third-order valence-corrected chi connectivity index (χ3v) is 1.76. The average Bonchev–Trinajstić information content (AvgIpc) is 2.05. The number of hydrogen-bond donors (Lipinski definition) is 1. The number of ether oxygens (including phenoxy) is 1. The molecular formula is C7H4F3NO3S. The van der Waals surface area contributed by atoms with E-state index in [2.05, 4.69) is 17.4 Å². The van der Waals surface area contributed by atoms with Crippen LogP contribution >= 0.6 is 12.6 Å². The zero-order chi connectivity index (χ0) is 11.6. The number of thiol groups is 1. The van der Waals surface area contributed by atoms with Crippen molar-refractivity contribution in [1.82, 2.24) is 0 Å². The lowest BCUT2D eigenvalue weighted by Crippen LogP contribution is -2.17. The van der Waals surface area contributed by atoms with Gasteiger partial charge in [0, 0.05) is 0 Å². The molecule has 0 N–H and O–H groups in total. The number of rotatable bonds is 2. The molecule has 0 saturated heterocycles. The van der Waals surface area contributed by atoms with E-state index in [-0.39, 0.29) is 4.90 Å². The van der Waals surface area contributed by atoms with E-state index < -0.39 is 22.7 Å². The maximum Gasteiger partial charge on any atom is 0.573 e. The molecule has 0 aliphatic heterocycles. The number of alkyl halides is 3. The molecule has 15 heavy (non-hydrogen) atoms. The Morgan fingerprint density at radius 1 is 1.40 bits per heavy atom. The lowest BCUT2D eigenvalue weighted by Gasteiger charge is -2.08. The van der Waals surface area contributed by atoms with E-state index in [1.54, 1.807) is 0 Å². The summed E-state index contributed by atoms with van der Waals surface area (Å²) < 4.78 is 38.8. The quantitative estimate of drug-likeness (QED) is 0.490. The van der Waals surface area contributed by atoms with Gasteiger partial charge in [-0.2, -0.15) is 0 Å². The van der Waals surface area contributed by atoms with Gasteiger partial charge in [-0.1, -0.05) is 0 Å². The first-order valence-corrected chi connectivity index (χ1v) is 3.97. The first kappa shape index (κ1) is 11.6. The molecule has 0 fully saturated rings. The Hall–Kier alpha value is -1.44. The number of nitro groups is 1. The molecule has 0 aliphatic rings. The van der Waals surface area contributed by atoms with E-state index in [9.17, 15) is 23.3 Å². The molecule has 0 atom stereocenters. The number of nitro benzene ring substituents is 1. The SMILES string of the molecule is O=[N+]([O-])c1cc(OC(F)(F)F)ccc1S. The van der Waals surface area contributed by atoms with E-state index in [4.69, 9.17) is 0 Å². The third kappa shape index (κ3) is 3.31. The van der Waals surface area contributed by atoms with Gasteiger partial charge in [-0.05, 0) is 12.1 Å². The summed E-state index contributed by atoms with van der Waals surface area (Å²) in [5.74, 6) is -0.646. The smallest absolute Gasteiger partial charge is 0.406 e. The standard InChI is InChI=1S/C7H4F3NO3S/c8-7(9,10)14-4-1-2-6(15)5(3-4)11(12)13/h1-3,15H. The van der Waals surface area contributed by atoms with Crippen LogP contribution in [0.25, 0.3) is 0 Å².